The summed E-state index contributed by atoms with van der Waals surface area (Å²) in [5.41, 5.74) is -0.391. The van der Waals surface area contributed by atoms with Gasteiger partial charge in [0, 0.05) is 24.8 Å². The predicted molar refractivity (Wildman–Crippen MR) is 97.6 cm³/mol. The van der Waals surface area contributed by atoms with E-state index in [9.17, 15) is 17.6 Å². The number of ether oxygens (including phenoxy) is 2. The van der Waals surface area contributed by atoms with Gasteiger partial charge in [-0.1, -0.05) is 13.3 Å². The molecule has 0 spiro atoms. The fourth-order valence-electron chi connectivity index (χ4n) is 2.75. The van der Waals surface area contributed by atoms with E-state index in [1.54, 1.807) is 0 Å². The van der Waals surface area contributed by atoms with Crippen molar-refractivity contribution in [2.45, 2.75) is 32.5 Å². The summed E-state index contributed by atoms with van der Waals surface area (Å²) in [5, 5.41) is 6.54. The summed E-state index contributed by atoms with van der Waals surface area (Å²) in [7, 11) is 3.32. The molecule has 156 valence electrons. The Bertz CT molecular complexity index is 762. The molecule has 1 aromatic heterocycles. The summed E-state index contributed by atoms with van der Waals surface area (Å²) >= 11 is 0. The highest BCUT2D eigenvalue weighted by atomic mass is 19.4. The third kappa shape index (κ3) is 5.68. The lowest BCUT2D eigenvalue weighted by Gasteiger charge is -2.17. The molecule has 1 N–H and O–H groups in total. The van der Waals surface area contributed by atoms with Crippen molar-refractivity contribution in [3.63, 3.8) is 0 Å². The highest BCUT2D eigenvalue weighted by molar-refractivity contribution is 5.67. The third-order valence-electron chi connectivity index (χ3n) is 4.23. The molecular weight excluding hydrogens is 378 g/mol. The Balaban J connectivity index is 2.41. The van der Waals surface area contributed by atoms with Crippen LogP contribution < -0.4 is 4.74 Å². The molecule has 1 aromatic carbocycles. The Morgan fingerprint density at radius 2 is 1.96 bits per heavy atom. The monoisotopic (exact) mass is 403 g/mol. The van der Waals surface area contributed by atoms with Crippen LogP contribution in [0.2, 0.25) is 0 Å². The summed E-state index contributed by atoms with van der Waals surface area (Å²) < 4.78 is 64.9. The molecular formula is C19H25F4N3O2. The lowest BCUT2D eigenvalue weighted by molar-refractivity contribution is -0.137. The smallest absolute Gasteiger partial charge is 0.416 e. The highest BCUT2D eigenvalue weighted by Crippen LogP contribution is 2.38. The van der Waals surface area contributed by atoms with Crippen LogP contribution in [-0.2, 0) is 17.5 Å². The van der Waals surface area contributed by atoms with E-state index >= 15 is 0 Å². The first-order chi connectivity index (χ1) is 13.3. The second-order valence-electron chi connectivity index (χ2n) is 6.54. The van der Waals surface area contributed by atoms with Crippen molar-refractivity contribution in [3.8, 4) is 17.0 Å². The van der Waals surface area contributed by atoms with Crippen molar-refractivity contribution >= 4 is 0 Å². The Kier molecular flexibility index (Phi) is 7.82. The number of halogens is 4. The minimum Gasteiger partial charge on any atom is -0.488 e. The fraction of sp³-hybridized carbons (Fsp3) is 0.526. The van der Waals surface area contributed by atoms with Crippen LogP contribution >= 0.6 is 0 Å². The second-order valence-corrected chi connectivity index (χ2v) is 6.54. The summed E-state index contributed by atoms with van der Waals surface area (Å²) in [6, 6.07) is 1.44. The second kappa shape index (κ2) is 9.88. The zero-order chi connectivity index (χ0) is 20.7. The maximum atomic E-state index is 15.0. The van der Waals surface area contributed by atoms with Gasteiger partial charge in [-0.25, -0.2) is 4.39 Å². The Morgan fingerprint density at radius 1 is 1.21 bits per heavy atom. The lowest BCUT2D eigenvalue weighted by atomic mass is 10.0. The largest absolute Gasteiger partial charge is 0.488 e. The van der Waals surface area contributed by atoms with Gasteiger partial charge < -0.3 is 14.4 Å². The van der Waals surface area contributed by atoms with Gasteiger partial charge in [-0.3, -0.25) is 5.10 Å². The highest BCUT2D eigenvalue weighted by Gasteiger charge is 2.33. The Labute approximate surface area is 161 Å². The van der Waals surface area contributed by atoms with Crippen molar-refractivity contribution in [1.82, 2.24) is 15.1 Å². The molecule has 0 amide bonds. The first kappa shape index (κ1) is 22.2. The van der Waals surface area contributed by atoms with E-state index in [1.807, 2.05) is 11.9 Å². The topological polar surface area (TPSA) is 50.4 Å². The average Bonchev–Trinajstić information content (AvgIpc) is 3.08. The SMILES string of the molecule is CCCCN(C)Cc1cn[nH]c1-c1cc(C(F)(F)F)cc(OCCOC)c1F. The maximum Gasteiger partial charge on any atom is 0.416 e. The molecule has 0 radical (unpaired) electrons. The van der Waals surface area contributed by atoms with Gasteiger partial charge in [0.15, 0.2) is 11.6 Å². The standard InChI is InChI=1S/C19H25F4N3O2/c1-4-5-6-26(2)12-13-11-24-25-18(13)15-9-14(19(21,22)23)10-16(17(15)20)28-8-7-27-3/h9-11H,4-8,12H2,1-3H3,(H,24,25). The van der Waals surface area contributed by atoms with Gasteiger partial charge >= 0.3 is 6.18 Å². The molecule has 5 nitrogen and oxygen atoms in total. The normalized spacial score (nSPS) is 12.0. The van der Waals surface area contributed by atoms with E-state index in [0.717, 1.165) is 25.5 Å². The molecule has 0 bridgehead atoms. The molecule has 2 rings (SSSR count). The van der Waals surface area contributed by atoms with Gasteiger partial charge in [-0.05, 0) is 32.1 Å². The molecule has 9 heteroatoms. The van der Waals surface area contributed by atoms with E-state index in [4.69, 9.17) is 9.47 Å². The van der Waals surface area contributed by atoms with E-state index in [-0.39, 0.29) is 24.5 Å². The molecule has 1 heterocycles. The number of hydrogen-bond donors (Lipinski definition) is 1. The van der Waals surface area contributed by atoms with Crippen molar-refractivity contribution in [3.05, 3.63) is 35.3 Å². The summed E-state index contributed by atoms with van der Waals surface area (Å²) in [6.45, 7) is 3.38. The molecule has 0 saturated heterocycles. The van der Waals surface area contributed by atoms with Gasteiger partial charge in [0.2, 0.25) is 0 Å². The first-order valence-electron chi connectivity index (χ1n) is 9.01. The summed E-state index contributed by atoms with van der Waals surface area (Å²) in [6.07, 6.45) is -1.13. The van der Waals surface area contributed by atoms with E-state index in [1.165, 1.54) is 13.3 Å². The number of benzene rings is 1. The zero-order valence-corrected chi connectivity index (χ0v) is 16.2. The molecule has 0 unspecified atom stereocenters. The molecule has 0 fully saturated rings. The van der Waals surface area contributed by atoms with Crippen molar-refractivity contribution in [2.75, 3.05) is 33.9 Å². The zero-order valence-electron chi connectivity index (χ0n) is 16.2. The molecule has 0 atom stereocenters. The number of alkyl halides is 3. The summed E-state index contributed by atoms with van der Waals surface area (Å²) in [5.74, 6) is -1.34. The van der Waals surface area contributed by atoms with Crippen molar-refractivity contribution in [1.29, 1.82) is 0 Å². The van der Waals surface area contributed by atoms with Gasteiger partial charge in [-0.2, -0.15) is 18.3 Å². The number of H-pyrrole nitrogens is 1. The Morgan fingerprint density at radius 3 is 2.61 bits per heavy atom. The minimum atomic E-state index is -4.64. The molecule has 2 aromatic rings. The van der Waals surface area contributed by atoms with Crippen LogP contribution in [0.4, 0.5) is 17.6 Å². The molecule has 0 aliphatic rings. The van der Waals surface area contributed by atoms with Gasteiger partial charge in [-0.15, -0.1) is 0 Å². The number of rotatable bonds is 10. The summed E-state index contributed by atoms with van der Waals surface area (Å²) in [4.78, 5) is 2.01. The molecule has 0 aliphatic heterocycles. The molecule has 0 saturated carbocycles. The van der Waals surface area contributed by atoms with Crippen molar-refractivity contribution < 1.29 is 27.0 Å². The number of hydrogen-bond acceptors (Lipinski definition) is 4. The number of unbranched alkanes of at least 4 members (excludes halogenated alkanes) is 1. The van der Waals surface area contributed by atoms with Crippen LogP contribution in [0.1, 0.15) is 30.9 Å². The predicted octanol–water partition coefficient (Wildman–Crippen LogP) is 4.49. The third-order valence-corrected chi connectivity index (χ3v) is 4.23. The van der Waals surface area contributed by atoms with Crippen LogP contribution in [0.3, 0.4) is 0 Å². The number of aromatic amines is 1. The number of nitrogens with zero attached hydrogens (tertiary/aromatic N) is 2. The number of aromatic nitrogens is 2. The van der Waals surface area contributed by atoms with E-state index in [2.05, 4.69) is 17.1 Å². The van der Waals surface area contributed by atoms with Crippen LogP contribution in [0, 0.1) is 5.82 Å². The number of methoxy groups -OCH3 is 1. The lowest BCUT2D eigenvalue weighted by Crippen LogP contribution is -2.19. The van der Waals surface area contributed by atoms with Crippen LogP contribution in [-0.4, -0.2) is 49.0 Å². The minimum absolute atomic E-state index is 0.0657. The average molecular weight is 403 g/mol. The van der Waals surface area contributed by atoms with E-state index < -0.39 is 23.3 Å². The van der Waals surface area contributed by atoms with Gasteiger partial charge in [0.1, 0.15) is 6.61 Å². The van der Waals surface area contributed by atoms with E-state index in [0.29, 0.717) is 18.2 Å². The number of nitrogens with one attached hydrogen (secondary N) is 1. The quantitative estimate of drug-likeness (QED) is 0.469. The Hall–Kier alpha value is -2.13. The van der Waals surface area contributed by atoms with Crippen molar-refractivity contribution in [2.24, 2.45) is 0 Å². The van der Waals surface area contributed by atoms with Gasteiger partial charge in [0.25, 0.3) is 0 Å². The van der Waals surface area contributed by atoms with Crippen LogP contribution in [0.15, 0.2) is 18.3 Å². The van der Waals surface area contributed by atoms with Gasteiger partial charge in [0.05, 0.1) is 24.1 Å². The maximum absolute atomic E-state index is 15.0. The fourth-order valence-corrected chi connectivity index (χ4v) is 2.75. The van der Waals surface area contributed by atoms with Crippen LogP contribution in [0.25, 0.3) is 11.3 Å². The first-order valence-corrected chi connectivity index (χ1v) is 9.01. The molecule has 28 heavy (non-hydrogen) atoms. The van der Waals surface area contributed by atoms with Crippen LogP contribution in [0.5, 0.6) is 5.75 Å². The molecule has 0 aliphatic carbocycles.